The molecular weight excluding hydrogens is 382 g/mol. The van der Waals surface area contributed by atoms with Gasteiger partial charge in [0.1, 0.15) is 0 Å². The van der Waals surface area contributed by atoms with Crippen LogP contribution in [0.1, 0.15) is 24.0 Å². The van der Waals surface area contributed by atoms with Gasteiger partial charge in [-0.1, -0.05) is 67.7 Å². The molecule has 28 heavy (non-hydrogen) atoms. The molecule has 0 aliphatic carbocycles. The quantitative estimate of drug-likeness (QED) is 0.613. The fourth-order valence-corrected chi connectivity index (χ4v) is 10.6. The number of nitrogens with zero attached hydrogens (tertiary/aromatic N) is 1. The Bertz CT molecular complexity index is 888. The number of aryl methyl sites for hydroxylation is 1. The lowest BCUT2D eigenvalue weighted by Crippen LogP contribution is -2.55. The van der Waals surface area contributed by atoms with Crippen LogP contribution in [0.25, 0.3) is 0 Å². The summed E-state index contributed by atoms with van der Waals surface area (Å²) in [6.45, 7) is 11.3. The van der Waals surface area contributed by atoms with Crippen molar-refractivity contribution in [2.45, 2.75) is 61.6 Å². The molecule has 2 aromatic rings. The lowest BCUT2D eigenvalue weighted by Gasteiger charge is -2.45. The van der Waals surface area contributed by atoms with Gasteiger partial charge in [0, 0.05) is 21.2 Å². The summed E-state index contributed by atoms with van der Waals surface area (Å²) in [7, 11) is -5.00. The average Bonchev–Trinajstić information content (AvgIpc) is 2.61. The minimum atomic E-state index is -3.41. The second-order valence-corrected chi connectivity index (χ2v) is 17.4. The summed E-state index contributed by atoms with van der Waals surface area (Å²) in [4.78, 5) is 2.84. The molecule has 1 fully saturated rings. The molecule has 1 aliphatic rings. The predicted molar refractivity (Wildman–Crippen MR) is 120 cm³/mol. The second-order valence-electron chi connectivity index (χ2n) is 9.54. The molecule has 0 unspecified atom stereocenters. The average molecular weight is 416 g/mol. The van der Waals surface area contributed by atoms with Crippen LogP contribution >= 0.6 is 0 Å². The van der Waals surface area contributed by atoms with Crippen molar-refractivity contribution in [2.75, 3.05) is 13.1 Å². The van der Waals surface area contributed by atoms with Crippen LogP contribution in [-0.2, 0) is 16.4 Å². The Morgan fingerprint density at radius 2 is 1.64 bits per heavy atom. The van der Waals surface area contributed by atoms with Gasteiger partial charge in [0.15, 0.2) is 9.84 Å². The van der Waals surface area contributed by atoms with Gasteiger partial charge in [0.25, 0.3) is 0 Å². The molecule has 0 saturated carbocycles. The third-order valence-corrected chi connectivity index (χ3v) is 10.1. The highest BCUT2D eigenvalue weighted by atomic mass is 32.2. The van der Waals surface area contributed by atoms with E-state index in [1.165, 1.54) is 5.56 Å². The Hall–Kier alpha value is -1.43. The molecule has 0 bridgehead atoms. The molecule has 3 nitrogen and oxygen atoms in total. The Morgan fingerprint density at radius 3 is 2.25 bits per heavy atom. The number of benzene rings is 2. The van der Waals surface area contributed by atoms with Gasteiger partial charge in [0.2, 0.25) is 0 Å². The molecule has 1 atom stereocenters. The van der Waals surface area contributed by atoms with Crippen LogP contribution in [-0.4, -0.2) is 39.2 Å². The van der Waals surface area contributed by atoms with E-state index >= 15 is 0 Å². The minimum Gasteiger partial charge on any atom is -0.298 e. The summed E-state index contributed by atoms with van der Waals surface area (Å²) in [6.07, 6.45) is 1.70. The van der Waals surface area contributed by atoms with Gasteiger partial charge in [0.05, 0.1) is 9.64 Å². The Morgan fingerprint density at radius 1 is 1.00 bits per heavy atom. The molecule has 1 saturated heterocycles. The van der Waals surface area contributed by atoms with Crippen molar-refractivity contribution in [2.24, 2.45) is 0 Å². The molecular formula is C23H33NO2SSi. The number of hydrogen-bond acceptors (Lipinski definition) is 3. The van der Waals surface area contributed by atoms with Gasteiger partial charge in [-0.2, -0.15) is 0 Å². The van der Waals surface area contributed by atoms with E-state index in [0.717, 1.165) is 37.5 Å². The van der Waals surface area contributed by atoms with Gasteiger partial charge in [-0.25, -0.2) is 8.42 Å². The van der Waals surface area contributed by atoms with Crippen LogP contribution in [0.4, 0.5) is 0 Å². The number of likely N-dealkylation sites (tertiary alicyclic amines) is 1. The summed E-state index contributed by atoms with van der Waals surface area (Å²) in [5, 5.41) is 0. The lowest BCUT2D eigenvalue weighted by atomic mass is 9.98. The SMILES string of the molecule is Cc1ccc(S(=O)(=O)[C@@]2(C[Si](C)(C)C)CCCN(Cc3ccccc3)C2)cc1. The minimum absolute atomic E-state index is 0.484. The van der Waals surface area contributed by atoms with Crippen molar-refractivity contribution in [1.82, 2.24) is 4.90 Å². The van der Waals surface area contributed by atoms with E-state index in [9.17, 15) is 8.42 Å². The van der Waals surface area contributed by atoms with E-state index in [2.05, 4.69) is 48.8 Å². The third kappa shape index (κ3) is 4.76. The third-order valence-electron chi connectivity index (χ3n) is 5.62. The van der Waals surface area contributed by atoms with Crippen molar-refractivity contribution in [1.29, 1.82) is 0 Å². The number of piperidine rings is 1. The van der Waals surface area contributed by atoms with Crippen molar-refractivity contribution >= 4 is 17.9 Å². The normalized spacial score (nSPS) is 21.6. The molecule has 152 valence electrons. The number of rotatable bonds is 6. The second kappa shape index (κ2) is 8.13. The molecule has 0 spiro atoms. The zero-order valence-corrected chi connectivity index (χ0v) is 19.4. The molecule has 0 N–H and O–H groups in total. The Kier molecular flexibility index (Phi) is 6.18. The molecule has 3 rings (SSSR count). The first-order valence-electron chi connectivity index (χ1n) is 10.2. The number of hydrogen-bond donors (Lipinski definition) is 0. The van der Waals surface area contributed by atoms with Crippen molar-refractivity contribution < 1.29 is 8.42 Å². The molecule has 0 amide bonds. The summed E-state index contributed by atoms with van der Waals surface area (Å²) >= 11 is 0. The maximum absolute atomic E-state index is 13.9. The molecule has 0 radical (unpaired) electrons. The van der Waals surface area contributed by atoms with E-state index in [0.29, 0.717) is 11.4 Å². The first kappa shape index (κ1) is 21.3. The van der Waals surface area contributed by atoms with Crippen LogP contribution in [0, 0.1) is 6.92 Å². The summed E-state index contributed by atoms with van der Waals surface area (Å²) in [5.41, 5.74) is 2.34. The van der Waals surface area contributed by atoms with Crippen LogP contribution in [0.5, 0.6) is 0 Å². The highest BCUT2D eigenvalue weighted by molar-refractivity contribution is 7.93. The molecule has 5 heteroatoms. The van der Waals surface area contributed by atoms with Crippen LogP contribution in [0.3, 0.4) is 0 Å². The van der Waals surface area contributed by atoms with Gasteiger partial charge < -0.3 is 0 Å². The maximum atomic E-state index is 13.9. The van der Waals surface area contributed by atoms with Gasteiger partial charge in [-0.15, -0.1) is 0 Å². The first-order valence-corrected chi connectivity index (χ1v) is 15.4. The van der Waals surface area contributed by atoms with Crippen LogP contribution < -0.4 is 0 Å². The van der Waals surface area contributed by atoms with E-state index in [1.54, 1.807) is 12.1 Å². The predicted octanol–water partition coefficient (Wildman–Crippen LogP) is 5.14. The molecule has 2 aromatic carbocycles. The van der Waals surface area contributed by atoms with Gasteiger partial charge in [-0.05, 0) is 50.1 Å². The smallest absolute Gasteiger partial charge is 0.185 e. The zero-order chi connectivity index (χ0) is 20.4. The monoisotopic (exact) mass is 415 g/mol. The molecule has 0 aromatic heterocycles. The van der Waals surface area contributed by atoms with Gasteiger partial charge >= 0.3 is 0 Å². The van der Waals surface area contributed by atoms with Crippen LogP contribution in [0.15, 0.2) is 59.5 Å². The van der Waals surface area contributed by atoms with E-state index in [-0.39, 0.29) is 0 Å². The highest BCUT2D eigenvalue weighted by Crippen LogP contribution is 2.41. The van der Waals surface area contributed by atoms with Crippen LogP contribution in [0.2, 0.25) is 25.7 Å². The Labute approximate surface area is 171 Å². The standard InChI is InChI=1S/C23H33NO2SSi/c1-20-11-13-22(14-12-20)27(25,26)23(19-28(2,3)4)15-8-16-24(18-23)17-21-9-6-5-7-10-21/h5-7,9-14H,8,15-19H2,1-4H3/t23-/m0/s1. The van der Waals surface area contributed by atoms with Gasteiger partial charge in [-0.3, -0.25) is 4.90 Å². The van der Waals surface area contributed by atoms with E-state index < -0.39 is 22.7 Å². The molecule has 1 aliphatic heterocycles. The topological polar surface area (TPSA) is 37.4 Å². The fraction of sp³-hybridized carbons (Fsp3) is 0.478. The van der Waals surface area contributed by atoms with Crippen molar-refractivity contribution in [3.05, 3.63) is 65.7 Å². The summed E-state index contributed by atoms with van der Waals surface area (Å²) < 4.78 is 27.1. The Balaban J connectivity index is 1.96. The first-order chi connectivity index (χ1) is 13.1. The zero-order valence-electron chi connectivity index (χ0n) is 17.6. The lowest BCUT2D eigenvalue weighted by molar-refractivity contribution is 0.186. The van der Waals surface area contributed by atoms with Crippen molar-refractivity contribution in [3.8, 4) is 0 Å². The summed E-state index contributed by atoms with van der Waals surface area (Å²) in [6, 6.07) is 18.6. The van der Waals surface area contributed by atoms with E-state index in [1.807, 2.05) is 25.1 Å². The van der Waals surface area contributed by atoms with E-state index in [4.69, 9.17) is 0 Å². The fourth-order valence-electron chi connectivity index (χ4n) is 4.56. The highest BCUT2D eigenvalue weighted by Gasteiger charge is 2.49. The summed E-state index contributed by atoms with van der Waals surface area (Å²) in [5.74, 6) is 0. The molecule has 1 heterocycles. The number of sulfone groups is 1. The maximum Gasteiger partial charge on any atom is 0.185 e. The largest absolute Gasteiger partial charge is 0.298 e. The van der Waals surface area contributed by atoms with Crippen molar-refractivity contribution in [3.63, 3.8) is 0 Å².